The molecular formula is C25H37N7O2S. The van der Waals surface area contributed by atoms with Crippen LogP contribution in [0.1, 0.15) is 34.1 Å². The molecule has 3 aromatic rings. The summed E-state index contributed by atoms with van der Waals surface area (Å²) in [5, 5.41) is 9.19. The van der Waals surface area contributed by atoms with Gasteiger partial charge in [0.05, 0.1) is 13.7 Å². The Morgan fingerprint density at radius 3 is 2.46 bits per heavy atom. The van der Waals surface area contributed by atoms with Gasteiger partial charge in [-0.3, -0.25) is 9.69 Å². The number of methoxy groups -OCH3 is 1. The molecule has 0 unspecified atom stereocenters. The van der Waals surface area contributed by atoms with Crippen molar-refractivity contribution in [2.75, 3.05) is 63.6 Å². The number of nitrogens with zero attached hydrogens (tertiary/aromatic N) is 6. The normalized spacial score (nSPS) is 15.0. The lowest BCUT2D eigenvalue weighted by Crippen LogP contribution is -2.51. The van der Waals surface area contributed by atoms with Crippen LogP contribution < -0.4 is 15.0 Å². The third kappa shape index (κ3) is 5.87. The van der Waals surface area contributed by atoms with Crippen LogP contribution in [0.5, 0.6) is 5.75 Å². The zero-order chi connectivity index (χ0) is 25.2. The highest BCUT2D eigenvalue weighted by Gasteiger charge is 2.25. The Labute approximate surface area is 211 Å². The average molecular weight is 500 g/mol. The molecule has 3 heterocycles. The van der Waals surface area contributed by atoms with Crippen molar-refractivity contribution in [3.63, 3.8) is 0 Å². The number of fused-ring (bicyclic) bond motifs is 1. The van der Waals surface area contributed by atoms with Crippen LogP contribution in [-0.4, -0.2) is 89.3 Å². The number of likely N-dealkylation sites (N-methyl/N-ethyl adjacent to an activating group) is 1. The van der Waals surface area contributed by atoms with Crippen molar-refractivity contribution in [3.8, 4) is 17.0 Å². The Balaban J connectivity index is 1.54. The van der Waals surface area contributed by atoms with Crippen molar-refractivity contribution < 1.29 is 9.53 Å². The number of nitrogens with one attached hydrogen (secondary N) is 1. The molecule has 1 saturated heterocycles. The summed E-state index contributed by atoms with van der Waals surface area (Å²) >= 11 is 1.49. The number of aromatic nitrogens is 3. The van der Waals surface area contributed by atoms with Gasteiger partial charge < -0.3 is 19.9 Å². The number of piperazine rings is 1. The maximum Gasteiger partial charge on any atom is 0.242 e. The maximum absolute atomic E-state index is 12.9. The molecule has 1 aromatic carbocycles. The first-order valence-corrected chi connectivity index (χ1v) is 13.0. The van der Waals surface area contributed by atoms with Gasteiger partial charge in [0.25, 0.3) is 0 Å². The van der Waals surface area contributed by atoms with Crippen LogP contribution in [0.2, 0.25) is 0 Å². The van der Waals surface area contributed by atoms with E-state index in [9.17, 15) is 4.79 Å². The van der Waals surface area contributed by atoms with Crippen LogP contribution in [0.25, 0.3) is 16.2 Å². The molecule has 0 saturated carbocycles. The number of amides is 1. The van der Waals surface area contributed by atoms with Gasteiger partial charge in [-0.15, -0.1) is 5.10 Å². The van der Waals surface area contributed by atoms with Gasteiger partial charge in [0.2, 0.25) is 16.0 Å². The maximum atomic E-state index is 12.9. The summed E-state index contributed by atoms with van der Waals surface area (Å²) in [6, 6.07) is 7.88. The highest BCUT2D eigenvalue weighted by atomic mass is 32.1. The van der Waals surface area contributed by atoms with Gasteiger partial charge >= 0.3 is 0 Å². The van der Waals surface area contributed by atoms with Crippen LogP contribution in [0.15, 0.2) is 24.3 Å². The molecule has 1 amide bonds. The number of hydrogen-bond acceptors (Lipinski definition) is 8. The fourth-order valence-electron chi connectivity index (χ4n) is 4.22. The van der Waals surface area contributed by atoms with E-state index in [-0.39, 0.29) is 11.4 Å². The van der Waals surface area contributed by atoms with Crippen LogP contribution in [0.4, 0.5) is 10.9 Å². The smallest absolute Gasteiger partial charge is 0.242 e. The Morgan fingerprint density at radius 1 is 1.17 bits per heavy atom. The van der Waals surface area contributed by atoms with E-state index in [2.05, 4.69) is 37.9 Å². The Kier molecular flexibility index (Phi) is 7.51. The van der Waals surface area contributed by atoms with Crippen molar-refractivity contribution >= 4 is 33.2 Å². The molecule has 35 heavy (non-hydrogen) atoms. The summed E-state index contributed by atoms with van der Waals surface area (Å²) in [6.07, 6.45) is 1.15. The van der Waals surface area contributed by atoms with Gasteiger partial charge in [0.1, 0.15) is 11.4 Å². The summed E-state index contributed by atoms with van der Waals surface area (Å²) in [4.78, 5) is 25.0. The van der Waals surface area contributed by atoms with E-state index >= 15 is 0 Å². The SMILES string of the molecule is CCCN1CCN(C(=O)CN(C)c2nn3c(NC(C)(C)C)c(-c4ccc(OC)cc4)nc3s2)CC1. The molecule has 0 radical (unpaired) electrons. The van der Waals surface area contributed by atoms with Gasteiger partial charge in [0, 0.05) is 44.3 Å². The van der Waals surface area contributed by atoms with Gasteiger partial charge in [-0.25, -0.2) is 4.98 Å². The topological polar surface area (TPSA) is 78.2 Å². The van der Waals surface area contributed by atoms with Crippen molar-refractivity contribution in [3.05, 3.63) is 24.3 Å². The zero-order valence-corrected chi connectivity index (χ0v) is 22.5. The lowest BCUT2D eigenvalue weighted by Gasteiger charge is -2.35. The summed E-state index contributed by atoms with van der Waals surface area (Å²) < 4.78 is 7.16. The number of rotatable bonds is 8. The first-order chi connectivity index (χ1) is 16.7. The predicted octanol–water partition coefficient (Wildman–Crippen LogP) is 3.67. The molecular weight excluding hydrogens is 462 g/mol. The number of hydrogen-bond donors (Lipinski definition) is 1. The molecule has 190 valence electrons. The van der Waals surface area contributed by atoms with E-state index in [1.165, 1.54) is 11.3 Å². The third-order valence-corrected chi connectivity index (χ3v) is 7.04. The molecule has 0 atom stereocenters. The van der Waals surface area contributed by atoms with Gasteiger partial charge in [-0.1, -0.05) is 18.3 Å². The summed E-state index contributed by atoms with van der Waals surface area (Å²) in [5.74, 6) is 1.79. The van der Waals surface area contributed by atoms with Crippen LogP contribution in [0.3, 0.4) is 0 Å². The van der Waals surface area contributed by atoms with E-state index in [0.717, 1.165) is 72.1 Å². The third-order valence-electron chi connectivity index (χ3n) is 6.01. The Morgan fingerprint density at radius 2 is 1.86 bits per heavy atom. The van der Waals surface area contributed by atoms with Crippen LogP contribution in [-0.2, 0) is 4.79 Å². The summed E-state index contributed by atoms with van der Waals surface area (Å²) in [5.41, 5.74) is 1.65. The second kappa shape index (κ2) is 10.4. The minimum atomic E-state index is -0.178. The molecule has 1 fully saturated rings. The molecule has 2 aromatic heterocycles. The fourth-order valence-corrected chi connectivity index (χ4v) is 5.08. The highest BCUT2D eigenvalue weighted by molar-refractivity contribution is 7.20. The Bertz CT molecular complexity index is 1140. The number of anilines is 2. The first-order valence-electron chi connectivity index (χ1n) is 12.2. The fraction of sp³-hybridized carbons (Fsp3) is 0.560. The monoisotopic (exact) mass is 499 g/mol. The Hall–Kier alpha value is -2.85. The minimum Gasteiger partial charge on any atom is -0.497 e. The molecule has 10 heteroatoms. The highest BCUT2D eigenvalue weighted by Crippen LogP contribution is 2.35. The molecule has 0 aliphatic carbocycles. The van der Waals surface area contributed by atoms with Crippen molar-refractivity contribution in [1.29, 1.82) is 0 Å². The summed E-state index contributed by atoms with van der Waals surface area (Å²) in [7, 11) is 3.58. The molecule has 0 bridgehead atoms. The van der Waals surface area contributed by atoms with E-state index < -0.39 is 0 Å². The molecule has 4 rings (SSSR count). The lowest BCUT2D eigenvalue weighted by molar-refractivity contribution is -0.131. The van der Waals surface area contributed by atoms with E-state index in [0.29, 0.717) is 6.54 Å². The second-order valence-electron chi connectivity index (χ2n) is 10.1. The standard InChI is InChI=1S/C25H37N7O2S/c1-7-12-30-13-15-31(16-14-30)20(33)17-29(5)24-28-32-22(27-25(2,3)4)21(26-23(32)35-24)18-8-10-19(34-6)11-9-18/h8-11,27H,7,12-17H2,1-6H3. The van der Waals surface area contributed by atoms with Gasteiger partial charge in [-0.05, 0) is 58.0 Å². The number of imidazole rings is 1. The zero-order valence-electron chi connectivity index (χ0n) is 21.7. The predicted molar refractivity (Wildman–Crippen MR) is 143 cm³/mol. The second-order valence-corrected chi connectivity index (χ2v) is 11.0. The number of carbonyl (C=O) groups excluding carboxylic acids is 1. The van der Waals surface area contributed by atoms with Crippen molar-refractivity contribution in [2.24, 2.45) is 0 Å². The first kappa shape index (κ1) is 25.2. The summed E-state index contributed by atoms with van der Waals surface area (Å²) in [6.45, 7) is 13.4. The van der Waals surface area contributed by atoms with Gasteiger partial charge in [0.15, 0.2) is 5.82 Å². The average Bonchev–Trinajstić information content (AvgIpc) is 3.38. The molecule has 9 nitrogen and oxygen atoms in total. The quantitative estimate of drug-likeness (QED) is 0.507. The number of carbonyl (C=O) groups is 1. The number of ether oxygens (including phenoxy) is 1. The molecule has 0 spiro atoms. The largest absolute Gasteiger partial charge is 0.497 e. The van der Waals surface area contributed by atoms with Crippen molar-refractivity contribution in [1.82, 2.24) is 24.4 Å². The van der Waals surface area contributed by atoms with E-state index in [1.54, 1.807) is 7.11 Å². The van der Waals surface area contributed by atoms with E-state index in [1.807, 2.05) is 45.6 Å². The van der Waals surface area contributed by atoms with Crippen LogP contribution in [0, 0.1) is 0 Å². The van der Waals surface area contributed by atoms with Gasteiger partial charge in [-0.2, -0.15) is 4.52 Å². The molecule has 1 N–H and O–H groups in total. The van der Waals surface area contributed by atoms with Crippen LogP contribution >= 0.6 is 11.3 Å². The number of benzene rings is 1. The lowest BCUT2D eigenvalue weighted by atomic mass is 10.1. The molecule has 1 aliphatic rings. The molecule has 1 aliphatic heterocycles. The van der Waals surface area contributed by atoms with Crippen molar-refractivity contribution in [2.45, 2.75) is 39.7 Å². The minimum absolute atomic E-state index is 0.142. The van der Waals surface area contributed by atoms with E-state index in [4.69, 9.17) is 14.8 Å².